The van der Waals surface area contributed by atoms with E-state index in [2.05, 4.69) is 9.88 Å². The van der Waals surface area contributed by atoms with Gasteiger partial charge in [0.25, 0.3) is 5.91 Å². The number of carbonyl (C=O) groups excluding carboxylic acids is 1. The number of hydrogen-bond acceptors (Lipinski definition) is 2. The van der Waals surface area contributed by atoms with E-state index >= 15 is 0 Å². The number of amides is 1. The number of rotatable bonds is 5. The molecule has 1 heterocycles. The molecular formula is C18H22N2O2. The van der Waals surface area contributed by atoms with Gasteiger partial charge in [0.2, 0.25) is 0 Å². The minimum atomic E-state index is -0.374. The summed E-state index contributed by atoms with van der Waals surface area (Å²) in [6, 6.07) is 13.4. The van der Waals surface area contributed by atoms with Crippen LogP contribution in [0.1, 0.15) is 53.8 Å². The molecule has 4 nitrogen and oxygen atoms in total. The van der Waals surface area contributed by atoms with Crippen molar-refractivity contribution < 1.29 is 9.90 Å². The summed E-state index contributed by atoms with van der Waals surface area (Å²) >= 11 is 0. The zero-order valence-corrected chi connectivity index (χ0v) is 12.6. The first-order valence-corrected chi connectivity index (χ1v) is 7.93. The van der Waals surface area contributed by atoms with Gasteiger partial charge in [0, 0.05) is 12.2 Å². The molecule has 1 saturated carbocycles. The summed E-state index contributed by atoms with van der Waals surface area (Å²) in [5.41, 5.74) is 1.60. The molecule has 0 unspecified atom stereocenters. The van der Waals surface area contributed by atoms with Gasteiger partial charge >= 0.3 is 0 Å². The van der Waals surface area contributed by atoms with Crippen LogP contribution in [-0.2, 0) is 0 Å². The quantitative estimate of drug-likeness (QED) is 0.891. The molecule has 116 valence electrons. The van der Waals surface area contributed by atoms with Crippen LogP contribution in [0.25, 0.3) is 0 Å². The maximum absolute atomic E-state index is 12.6. The molecule has 2 aromatic rings. The summed E-state index contributed by atoms with van der Waals surface area (Å²) in [5.74, 6) is -0.125. The van der Waals surface area contributed by atoms with E-state index in [0.717, 1.165) is 18.4 Å². The lowest BCUT2D eigenvalue weighted by molar-refractivity contribution is 0.0904. The number of benzene rings is 1. The topological polar surface area (TPSA) is 54.3 Å². The largest absolute Gasteiger partial charge is 0.394 e. The molecule has 1 fully saturated rings. The van der Waals surface area contributed by atoms with Crippen molar-refractivity contribution in [1.82, 2.24) is 9.88 Å². The zero-order chi connectivity index (χ0) is 15.4. The van der Waals surface area contributed by atoms with E-state index in [1.165, 1.54) is 12.8 Å². The van der Waals surface area contributed by atoms with Crippen molar-refractivity contribution in [1.29, 1.82) is 0 Å². The van der Waals surface area contributed by atoms with Gasteiger partial charge in [-0.05, 0) is 30.5 Å². The molecule has 1 aromatic heterocycles. The first kappa shape index (κ1) is 14.9. The maximum Gasteiger partial charge on any atom is 0.268 e. The zero-order valence-electron chi connectivity index (χ0n) is 12.6. The highest BCUT2D eigenvalue weighted by atomic mass is 16.3. The summed E-state index contributed by atoms with van der Waals surface area (Å²) in [6.07, 6.45) is 6.72. The van der Waals surface area contributed by atoms with Crippen molar-refractivity contribution in [3.8, 4) is 0 Å². The van der Waals surface area contributed by atoms with Crippen LogP contribution in [0.5, 0.6) is 0 Å². The van der Waals surface area contributed by atoms with Gasteiger partial charge in [-0.3, -0.25) is 4.79 Å². The van der Waals surface area contributed by atoms with Crippen molar-refractivity contribution in [3.63, 3.8) is 0 Å². The van der Waals surface area contributed by atoms with Gasteiger partial charge in [-0.1, -0.05) is 43.2 Å². The highest BCUT2D eigenvalue weighted by molar-refractivity contribution is 5.93. The predicted molar refractivity (Wildman–Crippen MR) is 85.7 cm³/mol. The molecule has 1 amide bonds. The second-order valence-electron chi connectivity index (χ2n) is 5.86. The average molecular weight is 298 g/mol. The van der Waals surface area contributed by atoms with E-state index < -0.39 is 0 Å². The predicted octanol–water partition coefficient (Wildman–Crippen LogP) is 3.07. The van der Waals surface area contributed by atoms with Gasteiger partial charge in [0.1, 0.15) is 5.69 Å². The molecule has 3 rings (SSSR count). The van der Waals surface area contributed by atoms with Crippen LogP contribution in [-0.4, -0.2) is 22.2 Å². The highest BCUT2D eigenvalue weighted by Crippen LogP contribution is 2.30. The monoisotopic (exact) mass is 298 g/mol. The Bertz CT molecular complexity index is 615. The van der Waals surface area contributed by atoms with Crippen LogP contribution in [0.15, 0.2) is 48.7 Å². The fourth-order valence-electron chi connectivity index (χ4n) is 3.24. The molecule has 1 aliphatic rings. The molecule has 1 aromatic carbocycles. The lowest BCUT2D eigenvalue weighted by Gasteiger charge is -2.19. The fraction of sp³-hybridized carbons (Fsp3) is 0.389. The molecule has 2 N–H and O–H groups in total. The van der Waals surface area contributed by atoms with Gasteiger partial charge in [-0.25, -0.2) is 0 Å². The summed E-state index contributed by atoms with van der Waals surface area (Å²) in [4.78, 5) is 12.6. The third-order valence-electron chi connectivity index (χ3n) is 4.42. The van der Waals surface area contributed by atoms with Crippen molar-refractivity contribution in [2.45, 2.75) is 37.8 Å². The number of aliphatic hydroxyl groups excluding tert-OH is 1. The summed E-state index contributed by atoms with van der Waals surface area (Å²) in [6.45, 7) is -0.111. The SMILES string of the molecule is O=C(N[C@H](CO)c1ccccc1)c1cccn1C1CCCC1. The molecule has 0 aliphatic heterocycles. The number of aromatic nitrogens is 1. The first-order valence-electron chi connectivity index (χ1n) is 7.93. The Morgan fingerprint density at radius 2 is 1.91 bits per heavy atom. The molecule has 22 heavy (non-hydrogen) atoms. The normalized spacial score (nSPS) is 16.6. The van der Waals surface area contributed by atoms with E-state index in [-0.39, 0.29) is 18.6 Å². The van der Waals surface area contributed by atoms with Crippen LogP contribution < -0.4 is 5.32 Å². The minimum Gasteiger partial charge on any atom is -0.394 e. The number of nitrogens with zero attached hydrogens (tertiary/aromatic N) is 1. The molecule has 4 heteroatoms. The summed E-state index contributed by atoms with van der Waals surface area (Å²) in [7, 11) is 0. The number of carbonyl (C=O) groups is 1. The third kappa shape index (κ3) is 3.07. The second-order valence-corrected chi connectivity index (χ2v) is 5.86. The Balaban J connectivity index is 1.75. The number of nitrogens with one attached hydrogen (secondary N) is 1. The molecule has 0 bridgehead atoms. The molecule has 0 saturated heterocycles. The van der Waals surface area contributed by atoms with E-state index in [1.807, 2.05) is 48.7 Å². The average Bonchev–Trinajstić information content (AvgIpc) is 3.23. The van der Waals surface area contributed by atoms with Crippen molar-refractivity contribution in [2.75, 3.05) is 6.61 Å². The molecule has 1 atom stereocenters. The standard InChI is InChI=1S/C18H22N2O2/c21-13-16(14-7-2-1-3-8-14)19-18(22)17-11-6-12-20(17)15-9-4-5-10-15/h1-3,6-8,11-12,15-16,21H,4-5,9-10,13H2,(H,19,22)/t16-/m1/s1. The Labute approximate surface area is 130 Å². The summed E-state index contributed by atoms with van der Waals surface area (Å²) < 4.78 is 2.09. The van der Waals surface area contributed by atoms with Crippen LogP contribution in [0.3, 0.4) is 0 Å². The first-order chi connectivity index (χ1) is 10.8. The van der Waals surface area contributed by atoms with E-state index in [0.29, 0.717) is 11.7 Å². The van der Waals surface area contributed by atoms with Gasteiger partial charge in [0.15, 0.2) is 0 Å². The Morgan fingerprint density at radius 1 is 1.18 bits per heavy atom. The Morgan fingerprint density at radius 3 is 2.59 bits per heavy atom. The maximum atomic E-state index is 12.6. The van der Waals surface area contributed by atoms with E-state index in [1.54, 1.807) is 0 Å². The van der Waals surface area contributed by atoms with Crippen LogP contribution in [0.4, 0.5) is 0 Å². The molecule has 0 radical (unpaired) electrons. The summed E-state index contributed by atoms with van der Waals surface area (Å²) in [5, 5.41) is 12.5. The lowest BCUT2D eigenvalue weighted by Crippen LogP contribution is -2.32. The van der Waals surface area contributed by atoms with E-state index in [9.17, 15) is 9.90 Å². The van der Waals surface area contributed by atoms with Crippen molar-refractivity contribution in [3.05, 3.63) is 59.9 Å². The molecular weight excluding hydrogens is 276 g/mol. The van der Waals surface area contributed by atoms with Crippen molar-refractivity contribution in [2.24, 2.45) is 0 Å². The second kappa shape index (κ2) is 6.79. The molecule has 0 spiro atoms. The Hall–Kier alpha value is -2.07. The van der Waals surface area contributed by atoms with Crippen LogP contribution >= 0.6 is 0 Å². The smallest absolute Gasteiger partial charge is 0.268 e. The van der Waals surface area contributed by atoms with Crippen LogP contribution in [0.2, 0.25) is 0 Å². The van der Waals surface area contributed by atoms with E-state index in [4.69, 9.17) is 0 Å². The van der Waals surface area contributed by atoms with Gasteiger partial charge in [-0.15, -0.1) is 0 Å². The van der Waals surface area contributed by atoms with Crippen LogP contribution in [0, 0.1) is 0 Å². The fourth-order valence-corrected chi connectivity index (χ4v) is 3.24. The van der Waals surface area contributed by atoms with Gasteiger partial charge in [0.05, 0.1) is 12.6 Å². The number of aliphatic hydroxyl groups is 1. The lowest BCUT2D eigenvalue weighted by atomic mass is 10.1. The van der Waals surface area contributed by atoms with Gasteiger partial charge in [-0.2, -0.15) is 0 Å². The van der Waals surface area contributed by atoms with Gasteiger partial charge < -0.3 is 15.0 Å². The Kier molecular flexibility index (Phi) is 4.59. The third-order valence-corrected chi connectivity index (χ3v) is 4.42. The number of hydrogen-bond donors (Lipinski definition) is 2. The minimum absolute atomic E-state index is 0.111. The van der Waals surface area contributed by atoms with Crippen molar-refractivity contribution >= 4 is 5.91 Å². The highest BCUT2D eigenvalue weighted by Gasteiger charge is 2.22. The molecule has 1 aliphatic carbocycles.